The summed E-state index contributed by atoms with van der Waals surface area (Å²) in [6.07, 6.45) is 5.42. The molecule has 0 N–H and O–H groups in total. The van der Waals surface area contributed by atoms with E-state index in [1.54, 1.807) is 4.52 Å². The summed E-state index contributed by atoms with van der Waals surface area (Å²) in [6.45, 7) is 13.2. The van der Waals surface area contributed by atoms with Gasteiger partial charge in [-0.2, -0.15) is 9.50 Å². The Hall–Kier alpha value is -3.20. The zero-order valence-electron chi connectivity index (χ0n) is 24.5. The highest BCUT2D eigenvalue weighted by molar-refractivity contribution is 5.79. The van der Waals surface area contributed by atoms with Gasteiger partial charge in [-0.3, -0.25) is 4.79 Å². The lowest BCUT2D eigenvalue weighted by Crippen LogP contribution is -2.50. The fourth-order valence-electron chi connectivity index (χ4n) is 6.90. The second-order valence-electron chi connectivity index (χ2n) is 12.1. The molecule has 0 spiro atoms. The number of nitrogens with zero attached hydrogens (tertiary/aromatic N) is 6. The highest BCUT2D eigenvalue weighted by Crippen LogP contribution is 2.38. The summed E-state index contributed by atoms with van der Waals surface area (Å²) >= 11 is 0. The van der Waals surface area contributed by atoms with Crippen molar-refractivity contribution in [1.29, 1.82) is 0 Å². The highest BCUT2D eigenvalue weighted by Gasteiger charge is 2.33. The molecule has 6 rings (SSSR count). The van der Waals surface area contributed by atoms with Crippen LogP contribution in [0.25, 0.3) is 5.78 Å². The van der Waals surface area contributed by atoms with Crippen molar-refractivity contribution in [2.45, 2.75) is 91.0 Å². The number of carbonyl (C=O) groups excluding carboxylic acids is 1. The van der Waals surface area contributed by atoms with Crippen LogP contribution in [0.1, 0.15) is 74.6 Å². The molecule has 3 fully saturated rings. The Morgan fingerprint density at radius 3 is 2.33 bits per heavy atom. The molecule has 3 atom stereocenters. The molecule has 4 heterocycles. The number of carbonyl (C=O) groups is 1. The second-order valence-corrected chi connectivity index (χ2v) is 12.1. The second kappa shape index (κ2) is 11.0. The first kappa shape index (κ1) is 27.0. The summed E-state index contributed by atoms with van der Waals surface area (Å²) in [4.78, 5) is 26.6. The number of aromatic nitrogens is 4. The van der Waals surface area contributed by atoms with Gasteiger partial charge in [0.2, 0.25) is 5.91 Å². The van der Waals surface area contributed by atoms with Gasteiger partial charge in [0.1, 0.15) is 11.9 Å². The minimum Gasteiger partial charge on any atom is -0.485 e. The molecule has 2 aromatic heterocycles. The van der Waals surface area contributed by atoms with Crippen LogP contribution in [0.2, 0.25) is 0 Å². The van der Waals surface area contributed by atoms with E-state index < -0.39 is 0 Å². The van der Waals surface area contributed by atoms with Crippen LogP contribution < -0.4 is 9.64 Å². The molecule has 0 radical (unpaired) electrons. The molecule has 214 valence electrons. The van der Waals surface area contributed by atoms with Gasteiger partial charge < -0.3 is 19.3 Å². The molecule has 1 aromatic carbocycles. The van der Waals surface area contributed by atoms with Crippen LogP contribution in [-0.2, 0) is 9.53 Å². The van der Waals surface area contributed by atoms with Gasteiger partial charge in [0, 0.05) is 37.7 Å². The van der Waals surface area contributed by atoms with Gasteiger partial charge >= 0.3 is 0 Å². The molecule has 3 aliphatic rings. The van der Waals surface area contributed by atoms with Crippen molar-refractivity contribution >= 4 is 17.4 Å². The van der Waals surface area contributed by atoms with Crippen molar-refractivity contribution in [3.8, 4) is 5.75 Å². The highest BCUT2D eigenvalue weighted by atomic mass is 16.5. The molecule has 2 saturated heterocycles. The molecule has 9 heteroatoms. The Morgan fingerprint density at radius 2 is 1.62 bits per heavy atom. The Balaban J connectivity index is 1.03. The molecule has 1 amide bonds. The minimum atomic E-state index is 0.103. The normalized spacial score (nSPS) is 27.4. The number of benzene rings is 1. The van der Waals surface area contributed by atoms with E-state index in [1.807, 2.05) is 25.7 Å². The first-order chi connectivity index (χ1) is 19.2. The maximum absolute atomic E-state index is 13.2. The van der Waals surface area contributed by atoms with Crippen molar-refractivity contribution < 1.29 is 14.3 Å². The maximum Gasteiger partial charge on any atom is 0.253 e. The number of hydrogen-bond donors (Lipinski definition) is 0. The minimum absolute atomic E-state index is 0.103. The molecule has 3 aromatic rings. The van der Waals surface area contributed by atoms with Crippen LogP contribution in [0.15, 0.2) is 24.3 Å². The molecular weight excluding hydrogens is 504 g/mol. The van der Waals surface area contributed by atoms with Crippen LogP contribution in [0, 0.1) is 26.7 Å². The average Bonchev–Trinajstić information content (AvgIpc) is 3.56. The van der Waals surface area contributed by atoms with E-state index >= 15 is 0 Å². The third kappa shape index (κ3) is 5.40. The third-order valence-corrected chi connectivity index (χ3v) is 8.91. The van der Waals surface area contributed by atoms with E-state index in [0.717, 1.165) is 75.4 Å². The van der Waals surface area contributed by atoms with E-state index in [0.29, 0.717) is 23.4 Å². The molecule has 9 nitrogen and oxygen atoms in total. The standard InChI is InChI=1S/C31H42N6O3/c1-19-16-36(17-20(2)39-19)30(38)26-8-6-24(7-9-26)25-10-12-27(13-11-25)35-15-14-28(18-35)40-29-21(3)32-31-33-23(5)34-37(31)22(29)4/h10-13,19-20,24,26,28H,6-9,14-18H2,1-5H3/t19-,20-,24?,26?,28-/m1/s1. The molecule has 0 bridgehead atoms. The third-order valence-electron chi connectivity index (χ3n) is 8.91. The van der Waals surface area contributed by atoms with Crippen molar-refractivity contribution in [1.82, 2.24) is 24.5 Å². The molecule has 0 unspecified atom stereocenters. The number of amides is 1. The fraction of sp³-hybridized carbons (Fsp3) is 0.613. The smallest absolute Gasteiger partial charge is 0.253 e. The number of aryl methyl sites for hydroxylation is 3. The van der Waals surface area contributed by atoms with Gasteiger partial charge in [-0.1, -0.05) is 12.1 Å². The molecule has 40 heavy (non-hydrogen) atoms. The van der Waals surface area contributed by atoms with Gasteiger partial charge in [0.05, 0.1) is 30.1 Å². The van der Waals surface area contributed by atoms with Gasteiger partial charge in [-0.15, -0.1) is 5.10 Å². The van der Waals surface area contributed by atoms with E-state index in [4.69, 9.17) is 9.47 Å². The number of morpholine rings is 1. The van der Waals surface area contributed by atoms with Crippen molar-refractivity contribution in [3.63, 3.8) is 0 Å². The van der Waals surface area contributed by atoms with Crippen LogP contribution in [0.3, 0.4) is 0 Å². The summed E-state index contributed by atoms with van der Waals surface area (Å²) in [5.74, 6) is 3.16. The monoisotopic (exact) mass is 546 g/mol. The van der Waals surface area contributed by atoms with Crippen LogP contribution in [0.5, 0.6) is 5.75 Å². The average molecular weight is 547 g/mol. The Kier molecular flexibility index (Phi) is 7.42. The lowest BCUT2D eigenvalue weighted by Gasteiger charge is -2.38. The zero-order valence-corrected chi connectivity index (χ0v) is 24.5. The van der Waals surface area contributed by atoms with E-state index in [9.17, 15) is 4.79 Å². The largest absolute Gasteiger partial charge is 0.485 e. The summed E-state index contributed by atoms with van der Waals surface area (Å²) in [7, 11) is 0. The molecular formula is C31H42N6O3. The predicted molar refractivity (Wildman–Crippen MR) is 154 cm³/mol. The van der Waals surface area contributed by atoms with Crippen LogP contribution >= 0.6 is 0 Å². The topological polar surface area (TPSA) is 85.1 Å². The van der Waals surface area contributed by atoms with Crippen molar-refractivity contribution in [2.24, 2.45) is 5.92 Å². The van der Waals surface area contributed by atoms with Crippen LogP contribution in [-0.4, -0.2) is 74.9 Å². The number of hydrogen-bond acceptors (Lipinski definition) is 7. The fourth-order valence-corrected chi connectivity index (χ4v) is 6.90. The Bertz CT molecular complexity index is 1350. The lowest BCUT2D eigenvalue weighted by molar-refractivity contribution is -0.148. The maximum atomic E-state index is 13.2. The van der Waals surface area contributed by atoms with E-state index in [-0.39, 0.29) is 24.2 Å². The van der Waals surface area contributed by atoms with Gasteiger partial charge in [0.15, 0.2) is 5.75 Å². The summed E-state index contributed by atoms with van der Waals surface area (Å²) in [6, 6.07) is 9.10. The molecule has 1 aliphatic carbocycles. The van der Waals surface area contributed by atoms with Crippen molar-refractivity contribution in [3.05, 3.63) is 47.0 Å². The summed E-state index contributed by atoms with van der Waals surface area (Å²) < 4.78 is 14.1. The number of fused-ring (bicyclic) bond motifs is 1. The summed E-state index contributed by atoms with van der Waals surface area (Å²) in [5, 5.41) is 4.47. The number of anilines is 1. The summed E-state index contributed by atoms with van der Waals surface area (Å²) in [5.41, 5.74) is 4.43. The Morgan fingerprint density at radius 1 is 0.925 bits per heavy atom. The number of ether oxygens (including phenoxy) is 2. The SMILES string of the molecule is Cc1nc2nc(C)c(O[C@@H]3CCN(c4ccc(C5CCC(C(=O)N6C[C@@H](C)O[C@H](C)C6)CC5)cc4)C3)c(C)n2n1. The number of rotatable bonds is 5. The zero-order chi connectivity index (χ0) is 28.0. The van der Waals surface area contributed by atoms with Gasteiger partial charge in [0.25, 0.3) is 5.78 Å². The molecule has 2 aliphatic heterocycles. The van der Waals surface area contributed by atoms with Crippen LogP contribution in [0.4, 0.5) is 5.69 Å². The lowest BCUT2D eigenvalue weighted by atomic mass is 9.78. The first-order valence-corrected chi connectivity index (χ1v) is 14.9. The van der Waals surface area contributed by atoms with Crippen molar-refractivity contribution in [2.75, 3.05) is 31.1 Å². The quantitative estimate of drug-likeness (QED) is 0.462. The molecule has 1 saturated carbocycles. The predicted octanol–water partition coefficient (Wildman–Crippen LogP) is 4.62. The Labute approximate surface area is 236 Å². The van der Waals surface area contributed by atoms with Gasteiger partial charge in [-0.25, -0.2) is 4.98 Å². The van der Waals surface area contributed by atoms with E-state index in [2.05, 4.69) is 58.1 Å². The van der Waals surface area contributed by atoms with Gasteiger partial charge in [-0.05, 0) is 83.9 Å². The first-order valence-electron chi connectivity index (χ1n) is 14.9. The van der Waals surface area contributed by atoms with E-state index in [1.165, 1.54) is 11.3 Å².